The van der Waals surface area contributed by atoms with Crippen LogP contribution in [-0.2, 0) is 6.54 Å². The summed E-state index contributed by atoms with van der Waals surface area (Å²) in [5.74, 6) is 2.33. The van der Waals surface area contributed by atoms with E-state index in [1.807, 2.05) is 0 Å². The van der Waals surface area contributed by atoms with E-state index in [0.29, 0.717) is 11.3 Å². The Labute approximate surface area is 121 Å². The molecule has 0 bridgehead atoms. The van der Waals surface area contributed by atoms with Gasteiger partial charge in [-0.25, -0.2) is 4.98 Å². The maximum absolute atomic E-state index is 4.81. The molecule has 0 aromatic carbocycles. The van der Waals surface area contributed by atoms with Gasteiger partial charge in [0.25, 0.3) is 0 Å². The second kappa shape index (κ2) is 7.15. The minimum Gasteiger partial charge on any atom is -0.352 e. The summed E-state index contributed by atoms with van der Waals surface area (Å²) in [6.45, 7) is 9.84. The molecule has 0 amide bonds. The first-order chi connectivity index (χ1) is 9.22. The molecule has 1 N–H and O–H groups in total. The fourth-order valence-corrected chi connectivity index (χ4v) is 3.47. The summed E-state index contributed by atoms with van der Waals surface area (Å²) in [5, 5.41) is 4.09. The molecule has 1 aromatic heterocycles. The summed E-state index contributed by atoms with van der Waals surface area (Å²) < 4.78 is 0. The van der Waals surface area contributed by atoms with E-state index in [-0.39, 0.29) is 0 Å². The number of thioether (sulfide) groups is 1. The molecular formula is C15H25N3S. The number of hydrogen-bond acceptors (Lipinski definition) is 4. The minimum absolute atomic E-state index is 0.560. The number of pyridine rings is 1. The first-order valence-corrected chi connectivity index (χ1v) is 8.32. The van der Waals surface area contributed by atoms with Gasteiger partial charge >= 0.3 is 0 Å². The molecule has 1 saturated heterocycles. The van der Waals surface area contributed by atoms with E-state index in [9.17, 15) is 0 Å². The lowest BCUT2D eigenvalue weighted by atomic mass is 10.2. The Bertz CT molecular complexity index is 397. The van der Waals surface area contributed by atoms with Crippen LogP contribution in [0.25, 0.3) is 0 Å². The van der Waals surface area contributed by atoms with Gasteiger partial charge < -0.3 is 10.2 Å². The average molecular weight is 279 g/mol. The van der Waals surface area contributed by atoms with Crippen molar-refractivity contribution in [1.82, 2.24) is 10.3 Å². The second-order valence-electron chi connectivity index (χ2n) is 5.17. The third-order valence-electron chi connectivity index (χ3n) is 3.70. The molecule has 2 rings (SSSR count). The van der Waals surface area contributed by atoms with Crippen molar-refractivity contribution in [3.8, 4) is 0 Å². The molecular weight excluding hydrogens is 254 g/mol. The SMILES string of the molecule is CCCNCc1cccc(N2CCSC(C)C2C)n1. The van der Waals surface area contributed by atoms with Crippen LogP contribution in [0.1, 0.15) is 32.9 Å². The van der Waals surface area contributed by atoms with Crippen molar-refractivity contribution < 1.29 is 0 Å². The topological polar surface area (TPSA) is 28.2 Å². The smallest absolute Gasteiger partial charge is 0.129 e. The average Bonchev–Trinajstić information content (AvgIpc) is 2.43. The predicted octanol–water partition coefficient (Wildman–Crippen LogP) is 2.91. The molecule has 0 radical (unpaired) electrons. The third kappa shape index (κ3) is 3.86. The highest BCUT2D eigenvalue weighted by atomic mass is 32.2. The Hall–Kier alpha value is -0.740. The molecule has 4 heteroatoms. The zero-order valence-corrected chi connectivity index (χ0v) is 13.0. The molecule has 0 spiro atoms. The van der Waals surface area contributed by atoms with Crippen molar-refractivity contribution in [2.45, 2.75) is 45.0 Å². The Balaban J connectivity index is 2.05. The third-order valence-corrected chi connectivity index (χ3v) is 5.04. The standard InChI is InChI=1S/C15H25N3S/c1-4-8-16-11-14-6-5-7-15(17-14)18-9-10-19-13(3)12(18)2/h5-7,12-13,16H,4,8-11H2,1-3H3. The maximum Gasteiger partial charge on any atom is 0.129 e. The number of aromatic nitrogens is 1. The number of nitrogens with zero attached hydrogens (tertiary/aromatic N) is 2. The second-order valence-corrected chi connectivity index (χ2v) is 6.66. The van der Waals surface area contributed by atoms with E-state index >= 15 is 0 Å². The van der Waals surface area contributed by atoms with Crippen molar-refractivity contribution in [3.05, 3.63) is 23.9 Å². The van der Waals surface area contributed by atoms with Crippen molar-refractivity contribution >= 4 is 17.6 Å². The molecule has 1 fully saturated rings. The summed E-state index contributed by atoms with van der Waals surface area (Å²) in [6.07, 6.45) is 1.16. The summed E-state index contributed by atoms with van der Waals surface area (Å²) in [6, 6.07) is 6.94. The molecule has 2 unspecified atom stereocenters. The minimum atomic E-state index is 0.560. The summed E-state index contributed by atoms with van der Waals surface area (Å²) in [7, 11) is 0. The molecule has 1 aromatic rings. The number of nitrogens with one attached hydrogen (secondary N) is 1. The fraction of sp³-hybridized carbons (Fsp3) is 0.667. The molecule has 1 aliphatic heterocycles. The van der Waals surface area contributed by atoms with E-state index in [1.165, 1.54) is 5.75 Å². The summed E-state index contributed by atoms with van der Waals surface area (Å²) >= 11 is 2.06. The van der Waals surface area contributed by atoms with Crippen molar-refractivity contribution in [3.63, 3.8) is 0 Å². The van der Waals surface area contributed by atoms with Gasteiger partial charge in [0, 0.05) is 30.1 Å². The normalized spacial score (nSPS) is 23.6. The highest BCUT2D eigenvalue weighted by molar-refractivity contribution is 8.00. The quantitative estimate of drug-likeness (QED) is 0.839. The van der Waals surface area contributed by atoms with Crippen LogP contribution in [0.4, 0.5) is 5.82 Å². The van der Waals surface area contributed by atoms with Gasteiger partial charge in [-0.2, -0.15) is 11.8 Å². The lowest BCUT2D eigenvalue weighted by Gasteiger charge is -2.38. The van der Waals surface area contributed by atoms with Crippen LogP contribution >= 0.6 is 11.8 Å². The highest BCUT2D eigenvalue weighted by Crippen LogP contribution is 2.27. The first-order valence-electron chi connectivity index (χ1n) is 7.27. The molecule has 3 nitrogen and oxygen atoms in total. The van der Waals surface area contributed by atoms with Crippen LogP contribution in [0.3, 0.4) is 0 Å². The molecule has 106 valence electrons. The number of anilines is 1. The van der Waals surface area contributed by atoms with Gasteiger partial charge in [0.05, 0.1) is 5.69 Å². The van der Waals surface area contributed by atoms with Crippen LogP contribution in [0.15, 0.2) is 18.2 Å². The highest BCUT2D eigenvalue weighted by Gasteiger charge is 2.26. The van der Waals surface area contributed by atoms with Gasteiger partial charge in [-0.05, 0) is 32.0 Å². The summed E-state index contributed by atoms with van der Waals surface area (Å²) in [4.78, 5) is 7.26. The maximum atomic E-state index is 4.81. The van der Waals surface area contributed by atoms with Gasteiger partial charge in [0.15, 0.2) is 0 Å². The van der Waals surface area contributed by atoms with Crippen molar-refractivity contribution in [2.75, 3.05) is 23.7 Å². The van der Waals surface area contributed by atoms with E-state index in [0.717, 1.165) is 37.6 Å². The Morgan fingerprint density at radius 1 is 1.42 bits per heavy atom. The van der Waals surface area contributed by atoms with Gasteiger partial charge in [-0.15, -0.1) is 0 Å². The van der Waals surface area contributed by atoms with Crippen LogP contribution in [0, 0.1) is 0 Å². The van der Waals surface area contributed by atoms with Gasteiger partial charge in [0.1, 0.15) is 5.82 Å². The molecule has 19 heavy (non-hydrogen) atoms. The van der Waals surface area contributed by atoms with E-state index in [2.05, 4.69) is 60.9 Å². The van der Waals surface area contributed by atoms with E-state index in [1.54, 1.807) is 0 Å². The van der Waals surface area contributed by atoms with Crippen LogP contribution in [0.2, 0.25) is 0 Å². The van der Waals surface area contributed by atoms with Gasteiger partial charge in [-0.3, -0.25) is 0 Å². The monoisotopic (exact) mass is 279 g/mol. The summed E-state index contributed by atoms with van der Waals surface area (Å²) in [5.41, 5.74) is 1.14. The van der Waals surface area contributed by atoms with Crippen LogP contribution in [-0.4, -0.2) is 35.1 Å². The Kier molecular flexibility index (Phi) is 5.52. The Morgan fingerprint density at radius 2 is 2.26 bits per heavy atom. The van der Waals surface area contributed by atoms with E-state index in [4.69, 9.17) is 4.98 Å². The van der Waals surface area contributed by atoms with Crippen molar-refractivity contribution in [2.24, 2.45) is 0 Å². The fourth-order valence-electron chi connectivity index (χ4n) is 2.38. The number of rotatable bonds is 5. The number of hydrogen-bond donors (Lipinski definition) is 1. The van der Waals surface area contributed by atoms with Gasteiger partial charge in [-0.1, -0.05) is 19.9 Å². The van der Waals surface area contributed by atoms with Crippen molar-refractivity contribution in [1.29, 1.82) is 0 Å². The van der Waals surface area contributed by atoms with Crippen LogP contribution in [0.5, 0.6) is 0 Å². The van der Waals surface area contributed by atoms with Gasteiger partial charge in [0.2, 0.25) is 0 Å². The lowest BCUT2D eigenvalue weighted by Crippen LogP contribution is -2.45. The Morgan fingerprint density at radius 3 is 3.05 bits per heavy atom. The molecule has 2 atom stereocenters. The largest absolute Gasteiger partial charge is 0.352 e. The van der Waals surface area contributed by atoms with Crippen LogP contribution < -0.4 is 10.2 Å². The zero-order valence-electron chi connectivity index (χ0n) is 12.2. The van der Waals surface area contributed by atoms with E-state index < -0.39 is 0 Å². The lowest BCUT2D eigenvalue weighted by molar-refractivity contribution is 0.615. The molecule has 0 aliphatic carbocycles. The molecule has 1 aliphatic rings. The molecule has 2 heterocycles. The first kappa shape index (κ1) is 14.7. The predicted molar refractivity (Wildman–Crippen MR) is 85.0 cm³/mol. The molecule has 0 saturated carbocycles. The zero-order chi connectivity index (χ0) is 13.7.